The molecule has 0 aliphatic rings. The molecule has 0 saturated carbocycles. The quantitative estimate of drug-likeness (QED) is 0.782. The number of hydrogen-bond donors (Lipinski definition) is 1. The molecule has 0 aromatic heterocycles. The zero-order chi connectivity index (χ0) is 10.1. The highest BCUT2D eigenvalue weighted by molar-refractivity contribution is 6.30. The molecule has 1 rings (SSSR count). The SMILES string of the molecule is CCC(C)(O)c1ccc(Cl)cc1F. The Morgan fingerprint density at radius 1 is 1.54 bits per heavy atom. The molecule has 1 nitrogen and oxygen atoms in total. The minimum absolute atomic E-state index is 0.291. The number of benzene rings is 1. The van der Waals surface area contributed by atoms with Crippen LogP contribution in [0.15, 0.2) is 18.2 Å². The second kappa shape index (κ2) is 3.64. The third kappa shape index (κ3) is 2.20. The summed E-state index contributed by atoms with van der Waals surface area (Å²) in [5.41, 5.74) is -0.825. The molecule has 3 heteroatoms. The molecule has 0 spiro atoms. The fraction of sp³-hybridized carbons (Fsp3) is 0.400. The Morgan fingerprint density at radius 2 is 2.15 bits per heavy atom. The highest BCUT2D eigenvalue weighted by Crippen LogP contribution is 2.27. The van der Waals surface area contributed by atoms with Gasteiger partial charge in [-0.25, -0.2) is 4.39 Å². The molecule has 13 heavy (non-hydrogen) atoms. The van der Waals surface area contributed by atoms with Crippen molar-refractivity contribution in [3.63, 3.8) is 0 Å². The molecule has 0 radical (unpaired) electrons. The van der Waals surface area contributed by atoms with Gasteiger partial charge >= 0.3 is 0 Å². The Kier molecular flexibility index (Phi) is 2.94. The maximum atomic E-state index is 13.3. The molecule has 1 aromatic rings. The van der Waals surface area contributed by atoms with Gasteiger partial charge in [0.25, 0.3) is 0 Å². The molecule has 0 saturated heterocycles. The van der Waals surface area contributed by atoms with Crippen LogP contribution >= 0.6 is 11.6 Å². The Balaban J connectivity index is 3.16. The van der Waals surface area contributed by atoms with Gasteiger partial charge in [0, 0.05) is 10.6 Å². The van der Waals surface area contributed by atoms with Crippen molar-refractivity contribution in [2.24, 2.45) is 0 Å². The minimum Gasteiger partial charge on any atom is -0.385 e. The van der Waals surface area contributed by atoms with Crippen molar-refractivity contribution in [2.45, 2.75) is 25.9 Å². The number of rotatable bonds is 2. The van der Waals surface area contributed by atoms with Crippen molar-refractivity contribution in [1.29, 1.82) is 0 Å². The molecule has 0 heterocycles. The summed E-state index contributed by atoms with van der Waals surface area (Å²) in [6.07, 6.45) is 0.464. The first-order chi connectivity index (χ1) is 5.97. The van der Waals surface area contributed by atoms with Gasteiger partial charge in [-0.15, -0.1) is 0 Å². The predicted molar refractivity (Wildman–Crippen MR) is 51.3 cm³/mol. The van der Waals surface area contributed by atoms with Crippen molar-refractivity contribution in [3.8, 4) is 0 Å². The summed E-state index contributed by atoms with van der Waals surface area (Å²) in [4.78, 5) is 0. The van der Waals surface area contributed by atoms with E-state index in [0.29, 0.717) is 17.0 Å². The van der Waals surface area contributed by atoms with Gasteiger partial charge in [0.15, 0.2) is 0 Å². The third-order valence-electron chi connectivity index (χ3n) is 2.20. The van der Waals surface area contributed by atoms with Crippen molar-refractivity contribution >= 4 is 11.6 Å². The Hall–Kier alpha value is -0.600. The minimum atomic E-state index is -1.12. The Bertz CT molecular complexity index is 310. The van der Waals surface area contributed by atoms with Crippen LogP contribution in [0.1, 0.15) is 25.8 Å². The van der Waals surface area contributed by atoms with Gasteiger partial charge in [-0.05, 0) is 25.5 Å². The predicted octanol–water partition coefficient (Wildman–Crippen LogP) is 3.10. The molecule has 0 bridgehead atoms. The van der Waals surface area contributed by atoms with Gasteiger partial charge in [0.2, 0.25) is 0 Å². The highest BCUT2D eigenvalue weighted by atomic mass is 35.5. The van der Waals surface area contributed by atoms with Crippen LogP contribution in [-0.4, -0.2) is 5.11 Å². The molecular formula is C10H12ClFO. The van der Waals surface area contributed by atoms with Gasteiger partial charge in [-0.3, -0.25) is 0 Å². The lowest BCUT2D eigenvalue weighted by Crippen LogP contribution is -2.21. The van der Waals surface area contributed by atoms with Crippen LogP contribution in [-0.2, 0) is 5.60 Å². The standard InChI is InChI=1S/C10H12ClFO/c1-3-10(2,13)8-5-4-7(11)6-9(8)12/h4-6,13H,3H2,1-2H3. The summed E-state index contributed by atoms with van der Waals surface area (Å²) in [7, 11) is 0. The van der Waals surface area contributed by atoms with Crippen LogP contribution in [0, 0.1) is 5.82 Å². The van der Waals surface area contributed by atoms with Crippen molar-refractivity contribution in [2.75, 3.05) is 0 Å². The number of hydrogen-bond acceptors (Lipinski definition) is 1. The van der Waals surface area contributed by atoms with Crippen LogP contribution < -0.4 is 0 Å². The molecule has 72 valence electrons. The second-order valence-electron chi connectivity index (χ2n) is 3.25. The van der Waals surface area contributed by atoms with E-state index in [2.05, 4.69) is 0 Å². The van der Waals surface area contributed by atoms with E-state index >= 15 is 0 Å². The maximum Gasteiger partial charge on any atom is 0.130 e. The zero-order valence-corrected chi connectivity index (χ0v) is 8.40. The second-order valence-corrected chi connectivity index (χ2v) is 3.69. The largest absolute Gasteiger partial charge is 0.385 e. The van der Waals surface area contributed by atoms with Gasteiger partial charge in [-0.2, -0.15) is 0 Å². The van der Waals surface area contributed by atoms with E-state index in [-0.39, 0.29) is 0 Å². The van der Waals surface area contributed by atoms with E-state index in [1.165, 1.54) is 12.1 Å². The number of halogens is 2. The molecule has 0 amide bonds. The summed E-state index contributed by atoms with van der Waals surface area (Å²) >= 11 is 5.59. The Morgan fingerprint density at radius 3 is 2.62 bits per heavy atom. The van der Waals surface area contributed by atoms with Crippen molar-refractivity contribution in [3.05, 3.63) is 34.6 Å². The van der Waals surface area contributed by atoms with E-state index in [9.17, 15) is 9.50 Å². The van der Waals surface area contributed by atoms with Crippen LogP contribution in [0.3, 0.4) is 0 Å². The van der Waals surface area contributed by atoms with E-state index in [4.69, 9.17) is 11.6 Å². The van der Waals surface area contributed by atoms with Crippen molar-refractivity contribution < 1.29 is 9.50 Å². The van der Waals surface area contributed by atoms with Gasteiger partial charge < -0.3 is 5.11 Å². The van der Waals surface area contributed by atoms with E-state index in [1.807, 2.05) is 0 Å². The molecule has 1 N–H and O–H groups in total. The van der Waals surface area contributed by atoms with E-state index in [1.54, 1.807) is 19.9 Å². The molecule has 0 aliphatic heterocycles. The third-order valence-corrected chi connectivity index (χ3v) is 2.43. The molecular weight excluding hydrogens is 191 g/mol. The van der Waals surface area contributed by atoms with Crippen LogP contribution in [0.5, 0.6) is 0 Å². The first-order valence-corrected chi connectivity index (χ1v) is 4.53. The average molecular weight is 203 g/mol. The van der Waals surface area contributed by atoms with E-state index in [0.717, 1.165) is 0 Å². The molecule has 1 unspecified atom stereocenters. The number of aliphatic hydroxyl groups is 1. The summed E-state index contributed by atoms with van der Waals surface area (Å²) in [5, 5.41) is 10.1. The monoisotopic (exact) mass is 202 g/mol. The average Bonchev–Trinajstić information content (AvgIpc) is 2.03. The van der Waals surface area contributed by atoms with Gasteiger partial charge in [0.05, 0.1) is 5.60 Å². The molecule has 0 fully saturated rings. The summed E-state index contributed by atoms with van der Waals surface area (Å²) < 4.78 is 13.3. The fourth-order valence-corrected chi connectivity index (χ4v) is 1.28. The van der Waals surface area contributed by atoms with E-state index < -0.39 is 11.4 Å². The van der Waals surface area contributed by atoms with Gasteiger partial charge in [0.1, 0.15) is 5.82 Å². The topological polar surface area (TPSA) is 20.2 Å². The maximum absolute atomic E-state index is 13.3. The van der Waals surface area contributed by atoms with Crippen molar-refractivity contribution in [1.82, 2.24) is 0 Å². The fourth-order valence-electron chi connectivity index (χ4n) is 1.12. The smallest absolute Gasteiger partial charge is 0.130 e. The summed E-state index contributed by atoms with van der Waals surface area (Å²) in [6, 6.07) is 4.30. The molecule has 0 aliphatic carbocycles. The van der Waals surface area contributed by atoms with Crippen LogP contribution in [0.2, 0.25) is 5.02 Å². The zero-order valence-electron chi connectivity index (χ0n) is 7.64. The molecule has 1 atom stereocenters. The summed E-state index contributed by atoms with van der Waals surface area (Å²) in [5.74, 6) is -0.459. The lowest BCUT2D eigenvalue weighted by molar-refractivity contribution is 0.0493. The highest BCUT2D eigenvalue weighted by Gasteiger charge is 2.23. The van der Waals surface area contributed by atoms with Gasteiger partial charge in [-0.1, -0.05) is 24.6 Å². The van der Waals surface area contributed by atoms with Crippen LogP contribution in [0.25, 0.3) is 0 Å². The first-order valence-electron chi connectivity index (χ1n) is 4.15. The lowest BCUT2D eigenvalue weighted by atomic mass is 9.93. The Labute approximate surface area is 82.2 Å². The lowest BCUT2D eigenvalue weighted by Gasteiger charge is -2.22. The van der Waals surface area contributed by atoms with Crippen LogP contribution in [0.4, 0.5) is 4.39 Å². The normalized spacial score (nSPS) is 15.5. The summed E-state index contributed by atoms with van der Waals surface area (Å²) in [6.45, 7) is 3.38. The molecule has 1 aromatic carbocycles. The first kappa shape index (κ1) is 10.5.